The molecule has 3 rings (SSSR count). The van der Waals surface area contributed by atoms with Gasteiger partial charge in [0.05, 0.1) is 18.6 Å². The fourth-order valence-electron chi connectivity index (χ4n) is 3.88. The molecule has 21 heavy (non-hydrogen) atoms. The molecule has 0 bridgehead atoms. The van der Waals surface area contributed by atoms with Crippen LogP contribution in [0.25, 0.3) is 0 Å². The molecule has 0 aromatic rings. The Hall–Kier alpha value is -0.560. The van der Waals surface area contributed by atoms with Crippen LogP contribution in [0, 0.1) is 17.3 Å². The van der Waals surface area contributed by atoms with Gasteiger partial charge in [-0.15, -0.1) is 0 Å². The standard InChI is InChI=1S/C18H27O.C2H6/c1-4-9-18(3)11-15-10-16(15)17(19-12-18)14-7-5-13(2)6-8-14;1-2/h5,10,14,17H,4,6-9,11-12H2,1-3H3;1-2H3. The molecule has 2 aliphatic carbocycles. The van der Waals surface area contributed by atoms with E-state index < -0.39 is 0 Å². The van der Waals surface area contributed by atoms with Crippen LogP contribution >= 0.6 is 0 Å². The Morgan fingerprint density at radius 2 is 2.10 bits per heavy atom. The Kier molecular flexibility index (Phi) is 5.71. The maximum absolute atomic E-state index is 6.38. The minimum absolute atomic E-state index is 0.373. The lowest BCUT2D eigenvalue weighted by Crippen LogP contribution is -2.30. The maximum Gasteiger partial charge on any atom is 0.0747 e. The summed E-state index contributed by atoms with van der Waals surface area (Å²) in [6.07, 6.45) is 12.8. The number of rotatable bonds is 3. The van der Waals surface area contributed by atoms with E-state index in [1.54, 1.807) is 17.1 Å². The smallest absolute Gasteiger partial charge is 0.0747 e. The normalized spacial score (nSPS) is 35.7. The Bertz CT molecular complexity index is 406. The summed E-state index contributed by atoms with van der Waals surface area (Å²) < 4.78 is 6.38. The first-order valence-corrected chi connectivity index (χ1v) is 8.96. The van der Waals surface area contributed by atoms with E-state index in [-0.39, 0.29) is 0 Å². The van der Waals surface area contributed by atoms with E-state index in [2.05, 4.69) is 32.9 Å². The van der Waals surface area contributed by atoms with Gasteiger partial charge < -0.3 is 4.74 Å². The molecule has 0 saturated carbocycles. The van der Waals surface area contributed by atoms with Gasteiger partial charge >= 0.3 is 0 Å². The molecule has 1 heteroatoms. The predicted molar refractivity (Wildman–Crippen MR) is 91.1 cm³/mol. The zero-order chi connectivity index (χ0) is 15.5. The molecule has 0 spiro atoms. The summed E-state index contributed by atoms with van der Waals surface area (Å²) in [5.41, 5.74) is 3.55. The summed E-state index contributed by atoms with van der Waals surface area (Å²) >= 11 is 0. The van der Waals surface area contributed by atoms with Crippen molar-refractivity contribution in [1.29, 1.82) is 0 Å². The van der Waals surface area contributed by atoms with Gasteiger partial charge in [-0.1, -0.05) is 57.4 Å². The highest BCUT2D eigenvalue weighted by molar-refractivity contribution is 5.54. The van der Waals surface area contributed by atoms with Crippen LogP contribution in [0.2, 0.25) is 0 Å². The van der Waals surface area contributed by atoms with E-state index in [9.17, 15) is 0 Å². The van der Waals surface area contributed by atoms with Crippen molar-refractivity contribution in [3.63, 3.8) is 0 Å². The van der Waals surface area contributed by atoms with Gasteiger partial charge in [0.1, 0.15) is 0 Å². The highest BCUT2D eigenvalue weighted by Crippen LogP contribution is 2.51. The fourth-order valence-corrected chi connectivity index (χ4v) is 3.88. The molecular weight excluding hydrogens is 256 g/mol. The molecule has 3 atom stereocenters. The summed E-state index contributed by atoms with van der Waals surface area (Å²) in [6.45, 7) is 11.9. The molecule has 0 N–H and O–H groups in total. The zero-order valence-corrected chi connectivity index (χ0v) is 14.7. The van der Waals surface area contributed by atoms with Crippen LogP contribution < -0.4 is 0 Å². The van der Waals surface area contributed by atoms with Gasteiger partial charge in [-0.2, -0.15) is 0 Å². The highest BCUT2D eigenvalue weighted by atomic mass is 16.5. The molecule has 1 radical (unpaired) electrons. The van der Waals surface area contributed by atoms with Crippen LogP contribution in [-0.4, -0.2) is 12.7 Å². The van der Waals surface area contributed by atoms with Gasteiger partial charge in [0.2, 0.25) is 0 Å². The van der Waals surface area contributed by atoms with Crippen molar-refractivity contribution < 1.29 is 4.74 Å². The third-order valence-electron chi connectivity index (χ3n) is 5.11. The van der Waals surface area contributed by atoms with Crippen molar-refractivity contribution in [2.45, 2.75) is 79.2 Å². The third kappa shape index (κ3) is 4.00. The quantitative estimate of drug-likeness (QED) is 0.590. The molecule has 3 aliphatic rings. The second-order valence-electron chi connectivity index (χ2n) is 7.18. The number of hydrogen-bond acceptors (Lipinski definition) is 1. The van der Waals surface area contributed by atoms with E-state index in [1.165, 1.54) is 38.5 Å². The molecule has 0 aromatic carbocycles. The van der Waals surface area contributed by atoms with Crippen LogP contribution in [0.1, 0.15) is 73.1 Å². The van der Waals surface area contributed by atoms with Gasteiger partial charge in [0.15, 0.2) is 0 Å². The number of allylic oxidation sites excluding steroid dienone is 2. The lowest BCUT2D eigenvalue weighted by molar-refractivity contribution is -0.0131. The first kappa shape index (κ1) is 16.8. The van der Waals surface area contributed by atoms with Crippen LogP contribution in [0.15, 0.2) is 23.3 Å². The molecular formula is C20H33O. The van der Waals surface area contributed by atoms with Crippen LogP contribution in [0.3, 0.4) is 0 Å². The molecule has 119 valence electrons. The van der Waals surface area contributed by atoms with E-state index in [4.69, 9.17) is 4.74 Å². The van der Waals surface area contributed by atoms with Crippen molar-refractivity contribution in [2.75, 3.05) is 6.61 Å². The summed E-state index contributed by atoms with van der Waals surface area (Å²) in [4.78, 5) is 0. The van der Waals surface area contributed by atoms with Crippen molar-refractivity contribution in [1.82, 2.24) is 0 Å². The number of hydrogen-bond donors (Lipinski definition) is 0. The van der Waals surface area contributed by atoms with Crippen LogP contribution in [0.5, 0.6) is 0 Å². The average molecular weight is 289 g/mol. The van der Waals surface area contributed by atoms with Crippen molar-refractivity contribution >= 4 is 0 Å². The maximum atomic E-state index is 6.38. The van der Waals surface area contributed by atoms with E-state index in [0.717, 1.165) is 12.5 Å². The lowest BCUT2D eigenvalue weighted by atomic mass is 9.81. The monoisotopic (exact) mass is 289 g/mol. The van der Waals surface area contributed by atoms with Gasteiger partial charge in [0, 0.05) is 0 Å². The Morgan fingerprint density at radius 3 is 2.71 bits per heavy atom. The predicted octanol–water partition coefficient (Wildman–Crippen LogP) is 5.87. The molecule has 1 nitrogen and oxygen atoms in total. The fraction of sp³-hybridized carbons (Fsp3) is 0.750. The topological polar surface area (TPSA) is 9.23 Å². The minimum Gasteiger partial charge on any atom is -0.376 e. The van der Waals surface area contributed by atoms with Gasteiger partial charge in [0.25, 0.3) is 0 Å². The van der Waals surface area contributed by atoms with Gasteiger partial charge in [-0.05, 0) is 50.4 Å². The van der Waals surface area contributed by atoms with Crippen LogP contribution in [0.4, 0.5) is 0 Å². The van der Waals surface area contributed by atoms with E-state index in [0.29, 0.717) is 11.5 Å². The highest BCUT2D eigenvalue weighted by Gasteiger charge is 2.45. The molecule has 1 saturated heterocycles. The zero-order valence-electron chi connectivity index (χ0n) is 14.7. The van der Waals surface area contributed by atoms with Gasteiger partial charge in [-0.3, -0.25) is 0 Å². The number of fused-ring (bicyclic) bond motifs is 1. The molecule has 1 fully saturated rings. The first-order valence-electron chi connectivity index (χ1n) is 8.96. The molecule has 3 unspecified atom stereocenters. The molecule has 0 aromatic heterocycles. The Morgan fingerprint density at radius 1 is 1.33 bits per heavy atom. The number of ether oxygens (including phenoxy) is 1. The SMILES string of the molecule is CC.CCCC1(C)COC(C2CC=C(C)CC2)[C]2C=C2C1. The van der Waals surface area contributed by atoms with Gasteiger partial charge in [-0.25, -0.2) is 0 Å². The second-order valence-corrected chi connectivity index (χ2v) is 7.18. The largest absolute Gasteiger partial charge is 0.376 e. The molecule has 1 aliphatic heterocycles. The van der Waals surface area contributed by atoms with Crippen molar-refractivity contribution in [2.24, 2.45) is 11.3 Å². The van der Waals surface area contributed by atoms with Crippen molar-refractivity contribution in [3.8, 4) is 0 Å². The molecule has 1 heterocycles. The van der Waals surface area contributed by atoms with Crippen LogP contribution in [-0.2, 0) is 4.74 Å². The summed E-state index contributed by atoms with van der Waals surface area (Å²) in [7, 11) is 0. The lowest BCUT2D eigenvalue weighted by Gasteiger charge is -2.31. The first-order chi connectivity index (χ1) is 10.1. The summed E-state index contributed by atoms with van der Waals surface area (Å²) in [5.74, 6) is 2.27. The van der Waals surface area contributed by atoms with E-state index >= 15 is 0 Å². The van der Waals surface area contributed by atoms with E-state index in [1.807, 2.05) is 13.8 Å². The van der Waals surface area contributed by atoms with Crippen molar-refractivity contribution in [3.05, 3.63) is 29.2 Å². The second kappa shape index (κ2) is 7.13. The molecule has 0 amide bonds. The summed E-state index contributed by atoms with van der Waals surface area (Å²) in [5, 5.41) is 0. The Balaban J connectivity index is 0.000000774. The third-order valence-corrected chi connectivity index (χ3v) is 5.11. The Labute approximate surface area is 131 Å². The summed E-state index contributed by atoms with van der Waals surface area (Å²) in [6, 6.07) is 0. The average Bonchev–Trinajstić information content (AvgIpc) is 3.22. The minimum atomic E-state index is 0.373.